The van der Waals surface area contributed by atoms with Crippen molar-refractivity contribution >= 4 is 28.2 Å². The van der Waals surface area contributed by atoms with E-state index in [1.165, 1.54) is 56.9 Å². The van der Waals surface area contributed by atoms with Crippen LogP contribution in [0.15, 0.2) is 54.7 Å². The minimum atomic E-state index is -0.480. The van der Waals surface area contributed by atoms with Crippen molar-refractivity contribution in [2.24, 2.45) is 11.5 Å². The number of hydrogen-bond acceptors (Lipinski definition) is 4. The molecule has 1 amide bonds. The molecule has 0 fully saturated rings. The first kappa shape index (κ1) is 23.7. The van der Waals surface area contributed by atoms with Gasteiger partial charge >= 0.3 is 0 Å². The number of aromatic nitrogens is 1. The van der Waals surface area contributed by atoms with Crippen molar-refractivity contribution in [1.29, 1.82) is 0 Å². The molecule has 1 heterocycles. The van der Waals surface area contributed by atoms with Gasteiger partial charge in [-0.05, 0) is 55.6 Å². The Kier molecular flexibility index (Phi) is 9.51. The maximum absolute atomic E-state index is 12.0. The second-order valence-electron chi connectivity index (χ2n) is 8.47. The van der Waals surface area contributed by atoms with Crippen LogP contribution in [0.1, 0.15) is 73.7 Å². The molecular formula is C27H36N4O. The number of unbranched alkanes of at least 4 members (excludes halogenated alkanes) is 8. The summed E-state index contributed by atoms with van der Waals surface area (Å²) in [4.78, 5) is 16.5. The molecular weight excluding hydrogens is 396 g/mol. The highest BCUT2D eigenvalue weighted by atomic mass is 16.1. The Balaban J connectivity index is 1.60. The Morgan fingerprint density at radius 1 is 0.844 bits per heavy atom. The van der Waals surface area contributed by atoms with E-state index in [1.807, 2.05) is 36.4 Å². The van der Waals surface area contributed by atoms with Gasteiger partial charge in [-0.15, -0.1) is 0 Å². The molecule has 0 unspecified atom stereocenters. The Hall–Kier alpha value is -2.92. The predicted octanol–water partition coefficient (Wildman–Crippen LogP) is 6.09. The van der Waals surface area contributed by atoms with Crippen LogP contribution in [0.25, 0.3) is 10.9 Å². The van der Waals surface area contributed by atoms with Crippen LogP contribution in [0.2, 0.25) is 0 Å². The van der Waals surface area contributed by atoms with E-state index in [0.29, 0.717) is 5.56 Å². The van der Waals surface area contributed by atoms with Crippen LogP contribution in [0.5, 0.6) is 0 Å². The van der Waals surface area contributed by atoms with Gasteiger partial charge < -0.3 is 16.8 Å². The molecule has 0 spiro atoms. The summed E-state index contributed by atoms with van der Waals surface area (Å²) in [6.45, 7) is 0.818. The summed E-state index contributed by atoms with van der Waals surface area (Å²) >= 11 is 0. The minimum absolute atomic E-state index is 0.407. The summed E-state index contributed by atoms with van der Waals surface area (Å²) < 4.78 is 0. The number of nitrogens with zero attached hydrogens (tertiary/aromatic N) is 1. The molecule has 32 heavy (non-hydrogen) atoms. The molecule has 0 saturated heterocycles. The molecule has 0 bridgehead atoms. The van der Waals surface area contributed by atoms with Crippen LogP contribution in [0, 0.1) is 0 Å². The van der Waals surface area contributed by atoms with E-state index in [1.54, 1.807) is 6.20 Å². The van der Waals surface area contributed by atoms with E-state index in [9.17, 15) is 4.79 Å². The molecule has 5 heteroatoms. The molecule has 3 aromatic rings. The van der Waals surface area contributed by atoms with E-state index in [0.717, 1.165) is 41.7 Å². The van der Waals surface area contributed by atoms with Crippen LogP contribution in [0.4, 0.5) is 11.4 Å². The Morgan fingerprint density at radius 3 is 2.16 bits per heavy atom. The molecule has 0 saturated carbocycles. The Bertz CT molecular complexity index is 988. The first-order valence-electron chi connectivity index (χ1n) is 11.9. The zero-order chi connectivity index (χ0) is 22.6. The fourth-order valence-electron chi connectivity index (χ4n) is 4.09. The summed E-state index contributed by atoms with van der Waals surface area (Å²) in [6, 6.07) is 16.2. The molecule has 2 aromatic carbocycles. The van der Waals surface area contributed by atoms with E-state index in [-0.39, 0.29) is 0 Å². The smallest absolute Gasteiger partial charge is 0.252 e. The number of benzene rings is 2. The van der Waals surface area contributed by atoms with Crippen LogP contribution < -0.4 is 16.8 Å². The van der Waals surface area contributed by atoms with Crippen molar-refractivity contribution in [3.8, 4) is 0 Å². The number of hydrogen-bond donors (Lipinski definition) is 3. The molecule has 1 aromatic heterocycles. The number of carbonyl (C=O) groups is 1. The molecule has 5 N–H and O–H groups in total. The molecule has 5 nitrogen and oxygen atoms in total. The average Bonchev–Trinajstić information content (AvgIpc) is 2.81. The quantitative estimate of drug-likeness (QED) is 0.269. The maximum Gasteiger partial charge on any atom is 0.252 e. The van der Waals surface area contributed by atoms with E-state index < -0.39 is 5.91 Å². The number of nitrogens with one attached hydrogen (secondary N) is 1. The lowest BCUT2D eigenvalue weighted by Gasteiger charge is -2.14. The van der Waals surface area contributed by atoms with E-state index >= 15 is 0 Å². The third-order valence-electron chi connectivity index (χ3n) is 5.91. The van der Waals surface area contributed by atoms with Gasteiger partial charge in [0.05, 0.1) is 16.8 Å². The predicted molar refractivity (Wildman–Crippen MR) is 134 cm³/mol. The largest absolute Gasteiger partial charge is 0.365 e. The SMILES string of the molecule is NCCCCCCCCCCCc1ccc2ncc(C(N)=O)c(Nc3ccccc3)c2c1. The number of rotatable bonds is 14. The number of amides is 1. The third-order valence-corrected chi connectivity index (χ3v) is 5.91. The number of para-hydroxylation sites is 1. The van der Waals surface area contributed by atoms with Gasteiger partial charge in [0.15, 0.2) is 0 Å². The number of carbonyl (C=O) groups excluding carboxylic acids is 1. The number of fused-ring (bicyclic) bond motifs is 1. The maximum atomic E-state index is 12.0. The van der Waals surface area contributed by atoms with Crippen LogP contribution >= 0.6 is 0 Å². The van der Waals surface area contributed by atoms with Crippen LogP contribution in [-0.2, 0) is 6.42 Å². The molecule has 0 radical (unpaired) electrons. The van der Waals surface area contributed by atoms with Gasteiger partial charge in [-0.2, -0.15) is 0 Å². The molecule has 3 rings (SSSR count). The summed E-state index contributed by atoms with van der Waals surface area (Å²) in [7, 11) is 0. The topological polar surface area (TPSA) is 94.0 Å². The van der Waals surface area contributed by atoms with Crippen LogP contribution in [-0.4, -0.2) is 17.4 Å². The van der Waals surface area contributed by atoms with Crippen molar-refractivity contribution in [3.05, 3.63) is 65.9 Å². The van der Waals surface area contributed by atoms with Crippen molar-refractivity contribution in [1.82, 2.24) is 4.98 Å². The lowest BCUT2D eigenvalue weighted by molar-refractivity contribution is 0.100. The zero-order valence-electron chi connectivity index (χ0n) is 19.0. The number of aryl methyl sites for hydroxylation is 1. The van der Waals surface area contributed by atoms with E-state index in [4.69, 9.17) is 11.5 Å². The summed E-state index contributed by atoms with van der Waals surface area (Å²) in [5.41, 5.74) is 15.3. The van der Waals surface area contributed by atoms with Gasteiger partial charge in [0.1, 0.15) is 0 Å². The number of nitrogens with two attached hydrogens (primary N) is 2. The lowest BCUT2D eigenvalue weighted by atomic mass is 10.0. The van der Waals surface area contributed by atoms with E-state index in [2.05, 4.69) is 22.4 Å². The van der Waals surface area contributed by atoms with Gasteiger partial charge in [0, 0.05) is 17.3 Å². The molecule has 0 aliphatic heterocycles. The van der Waals surface area contributed by atoms with Crippen LogP contribution in [0.3, 0.4) is 0 Å². The Morgan fingerprint density at radius 2 is 1.50 bits per heavy atom. The number of pyridine rings is 1. The summed E-state index contributed by atoms with van der Waals surface area (Å²) in [5.74, 6) is -0.480. The monoisotopic (exact) mass is 432 g/mol. The normalized spacial score (nSPS) is 11.0. The molecule has 0 aliphatic carbocycles. The molecule has 170 valence electrons. The standard InChI is InChI=1S/C27H36N4O/c28-18-12-7-5-3-1-2-4-6-9-13-21-16-17-25-23(19-21)26(24(20-30-25)27(29)32)31-22-14-10-8-11-15-22/h8,10-11,14-17,19-20H,1-7,9,12-13,18,28H2,(H2,29,32)(H,30,31). The second kappa shape index (κ2) is 12.8. The first-order valence-corrected chi connectivity index (χ1v) is 11.9. The third kappa shape index (κ3) is 7.06. The van der Waals surface area contributed by atoms with Crippen molar-refractivity contribution in [3.63, 3.8) is 0 Å². The fraction of sp³-hybridized carbons (Fsp3) is 0.407. The van der Waals surface area contributed by atoms with Crippen molar-refractivity contribution in [2.45, 2.75) is 64.2 Å². The van der Waals surface area contributed by atoms with Gasteiger partial charge in [-0.3, -0.25) is 9.78 Å². The summed E-state index contributed by atoms with van der Waals surface area (Å²) in [6.07, 6.45) is 14.0. The molecule has 0 aliphatic rings. The van der Waals surface area contributed by atoms with Gasteiger partial charge in [0.25, 0.3) is 5.91 Å². The number of anilines is 2. The highest BCUT2D eigenvalue weighted by Gasteiger charge is 2.14. The van der Waals surface area contributed by atoms with Gasteiger partial charge in [0.2, 0.25) is 0 Å². The molecule has 0 atom stereocenters. The fourth-order valence-corrected chi connectivity index (χ4v) is 4.09. The summed E-state index contributed by atoms with van der Waals surface area (Å²) in [5, 5.41) is 4.32. The zero-order valence-corrected chi connectivity index (χ0v) is 19.0. The highest BCUT2D eigenvalue weighted by molar-refractivity contribution is 6.07. The minimum Gasteiger partial charge on any atom is -0.365 e. The van der Waals surface area contributed by atoms with Gasteiger partial charge in [-0.25, -0.2) is 0 Å². The first-order chi connectivity index (χ1) is 15.7. The van der Waals surface area contributed by atoms with Crippen molar-refractivity contribution < 1.29 is 4.79 Å². The Labute approximate surface area is 191 Å². The second-order valence-corrected chi connectivity index (χ2v) is 8.47. The van der Waals surface area contributed by atoms with Gasteiger partial charge in [-0.1, -0.05) is 69.2 Å². The van der Waals surface area contributed by atoms with Crippen molar-refractivity contribution in [2.75, 3.05) is 11.9 Å². The highest BCUT2D eigenvalue weighted by Crippen LogP contribution is 2.30. The number of primary amides is 1. The lowest BCUT2D eigenvalue weighted by Crippen LogP contribution is -2.14. The average molecular weight is 433 g/mol.